The van der Waals surface area contributed by atoms with Crippen molar-refractivity contribution in [3.8, 4) is 0 Å². The summed E-state index contributed by atoms with van der Waals surface area (Å²) >= 11 is 7.50. The highest BCUT2D eigenvalue weighted by Crippen LogP contribution is 2.32. The second-order valence-electron chi connectivity index (χ2n) is 6.58. The van der Waals surface area contributed by atoms with Crippen LogP contribution in [0.2, 0.25) is 5.02 Å². The summed E-state index contributed by atoms with van der Waals surface area (Å²) in [5, 5.41) is 3.64. The van der Waals surface area contributed by atoms with Crippen molar-refractivity contribution < 1.29 is 9.59 Å². The average molecular weight is 416 g/mol. The molecule has 1 aliphatic heterocycles. The van der Waals surface area contributed by atoms with E-state index < -0.39 is 5.25 Å². The summed E-state index contributed by atoms with van der Waals surface area (Å²) in [7, 11) is 0. The number of amidine groups is 1. The number of rotatable bonds is 5. The molecule has 0 spiro atoms. The molecular weight excluding hydrogens is 394 g/mol. The summed E-state index contributed by atoms with van der Waals surface area (Å²) in [6, 6.07) is 13.1. The van der Waals surface area contributed by atoms with Crippen LogP contribution in [0, 0.1) is 13.8 Å². The Balaban J connectivity index is 1.74. The summed E-state index contributed by atoms with van der Waals surface area (Å²) in [4.78, 5) is 31.4. The van der Waals surface area contributed by atoms with E-state index in [9.17, 15) is 9.59 Å². The van der Waals surface area contributed by atoms with Gasteiger partial charge in [0.25, 0.3) is 0 Å². The molecule has 28 heavy (non-hydrogen) atoms. The van der Waals surface area contributed by atoms with Gasteiger partial charge in [-0.25, -0.2) is 4.99 Å². The second-order valence-corrected chi connectivity index (χ2v) is 8.16. The molecule has 7 heteroatoms. The Morgan fingerprint density at radius 1 is 1.21 bits per heavy atom. The predicted octanol–water partition coefficient (Wildman–Crippen LogP) is 4.94. The number of hydrogen-bond donors (Lipinski definition) is 1. The molecule has 1 heterocycles. The van der Waals surface area contributed by atoms with Crippen LogP contribution in [0.4, 0.5) is 11.4 Å². The molecule has 1 N–H and O–H groups in total. The number of nitrogens with one attached hydrogen (secondary N) is 1. The highest BCUT2D eigenvalue weighted by atomic mass is 35.5. The van der Waals surface area contributed by atoms with E-state index in [2.05, 4.69) is 10.3 Å². The lowest BCUT2D eigenvalue weighted by atomic mass is 10.2. The van der Waals surface area contributed by atoms with Gasteiger partial charge in [-0.1, -0.05) is 47.6 Å². The number of nitrogens with zero attached hydrogens (tertiary/aromatic N) is 2. The van der Waals surface area contributed by atoms with E-state index >= 15 is 0 Å². The van der Waals surface area contributed by atoms with Gasteiger partial charge in [0.2, 0.25) is 11.8 Å². The second kappa shape index (κ2) is 8.80. The third-order valence-electron chi connectivity index (χ3n) is 4.51. The number of anilines is 1. The number of amides is 2. The molecule has 1 atom stereocenters. The van der Waals surface area contributed by atoms with Gasteiger partial charge in [0, 0.05) is 23.7 Å². The standard InChI is InChI=1S/C21H22ClN3O2S/c1-4-25-20(27)18(12-19(26)24-17-8-6-5-7-14(17)3)28-21(25)23-15-10-9-13(2)16(22)11-15/h5-11,18H,4,12H2,1-3H3,(H,24,26)/t18-/m0/s1. The van der Waals surface area contributed by atoms with Crippen molar-refractivity contribution in [1.82, 2.24) is 4.90 Å². The maximum Gasteiger partial charge on any atom is 0.242 e. The first kappa shape index (κ1) is 20.4. The zero-order valence-electron chi connectivity index (χ0n) is 16.0. The SMILES string of the molecule is CCN1C(=O)[C@H](CC(=O)Nc2ccccc2C)SC1=Nc1ccc(C)c(Cl)c1. The van der Waals surface area contributed by atoms with Crippen LogP contribution in [0.25, 0.3) is 0 Å². The van der Waals surface area contributed by atoms with Crippen LogP contribution >= 0.6 is 23.4 Å². The molecule has 0 unspecified atom stereocenters. The van der Waals surface area contributed by atoms with Crippen LogP contribution in [-0.4, -0.2) is 33.7 Å². The van der Waals surface area contributed by atoms with Crippen molar-refractivity contribution in [2.75, 3.05) is 11.9 Å². The number of halogens is 1. The molecule has 1 aliphatic rings. The van der Waals surface area contributed by atoms with Gasteiger partial charge in [-0.2, -0.15) is 0 Å². The fourth-order valence-electron chi connectivity index (χ4n) is 2.86. The van der Waals surface area contributed by atoms with Crippen molar-refractivity contribution >= 4 is 51.7 Å². The first-order valence-electron chi connectivity index (χ1n) is 9.07. The minimum atomic E-state index is -0.483. The molecule has 0 aliphatic carbocycles. The molecule has 1 saturated heterocycles. The minimum Gasteiger partial charge on any atom is -0.326 e. The average Bonchev–Trinajstić information content (AvgIpc) is 2.94. The van der Waals surface area contributed by atoms with Crippen LogP contribution in [0.5, 0.6) is 0 Å². The van der Waals surface area contributed by atoms with Crippen LogP contribution < -0.4 is 5.32 Å². The molecule has 2 aromatic rings. The van der Waals surface area contributed by atoms with E-state index in [-0.39, 0.29) is 18.2 Å². The first-order valence-corrected chi connectivity index (χ1v) is 10.3. The Hall–Kier alpha value is -2.31. The molecular formula is C21H22ClN3O2S. The van der Waals surface area contributed by atoms with Crippen LogP contribution in [0.15, 0.2) is 47.5 Å². The van der Waals surface area contributed by atoms with E-state index in [1.54, 1.807) is 11.0 Å². The molecule has 2 amide bonds. The van der Waals surface area contributed by atoms with Gasteiger partial charge in [0.15, 0.2) is 5.17 Å². The topological polar surface area (TPSA) is 61.8 Å². The van der Waals surface area contributed by atoms with Crippen LogP contribution in [-0.2, 0) is 9.59 Å². The quantitative estimate of drug-likeness (QED) is 0.752. The monoisotopic (exact) mass is 415 g/mol. The molecule has 0 aromatic heterocycles. The lowest BCUT2D eigenvalue weighted by Crippen LogP contribution is -2.33. The van der Waals surface area contributed by atoms with E-state index in [4.69, 9.17) is 11.6 Å². The van der Waals surface area contributed by atoms with Crippen molar-refractivity contribution in [1.29, 1.82) is 0 Å². The number of aliphatic imine (C=N–C) groups is 1. The lowest BCUT2D eigenvalue weighted by molar-refractivity contribution is -0.128. The number of thioether (sulfide) groups is 1. The Morgan fingerprint density at radius 2 is 1.96 bits per heavy atom. The van der Waals surface area contributed by atoms with Crippen molar-refractivity contribution in [2.24, 2.45) is 4.99 Å². The minimum absolute atomic E-state index is 0.0932. The zero-order chi connectivity index (χ0) is 20.3. The predicted molar refractivity (Wildman–Crippen MR) is 116 cm³/mol. The number of benzene rings is 2. The van der Waals surface area contributed by atoms with E-state index in [1.165, 1.54) is 11.8 Å². The highest BCUT2D eigenvalue weighted by Gasteiger charge is 2.38. The molecule has 0 bridgehead atoms. The van der Waals surface area contributed by atoms with Crippen LogP contribution in [0.3, 0.4) is 0 Å². The largest absolute Gasteiger partial charge is 0.326 e. The van der Waals surface area contributed by atoms with Gasteiger partial charge in [-0.05, 0) is 50.1 Å². The lowest BCUT2D eigenvalue weighted by Gasteiger charge is -2.13. The molecule has 2 aromatic carbocycles. The van der Waals surface area contributed by atoms with Gasteiger partial charge < -0.3 is 5.32 Å². The Labute approximate surface area is 174 Å². The number of carbonyl (C=O) groups excluding carboxylic acids is 2. The maximum atomic E-state index is 12.7. The molecule has 1 fully saturated rings. The molecule has 3 rings (SSSR count). The normalized spacial score (nSPS) is 18.0. The smallest absolute Gasteiger partial charge is 0.242 e. The van der Waals surface area contributed by atoms with Crippen molar-refractivity contribution in [3.05, 3.63) is 58.6 Å². The third-order valence-corrected chi connectivity index (χ3v) is 6.09. The summed E-state index contributed by atoms with van der Waals surface area (Å²) in [6.07, 6.45) is 0.0992. The summed E-state index contributed by atoms with van der Waals surface area (Å²) < 4.78 is 0. The number of hydrogen-bond acceptors (Lipinski definition) is 4. The van der Waals surface area contributed by atoms with Crippen LogP contribution in [0.1, 0.15) is 24.5 Å². The van der Waals surface area contributed by atoms with E-state index in [1.807, 2.05) is 57.2 Å². The van der Waals surface area contributed by atoms with Gasteiger partial charge in [0.1, 0.15) is 5.25 Å². The zero-order valence-corrected chi connectivity index (χ0v) is 17.6. The third kappa shape index (κ3) is 4.56. The molecule has 5 nitrogen and oxygen atoms in total. The molecule has 146 valence electrons. The van der Waals surface area contributed by atoms with Crippen molar-refractivity contribution in [3.63, 3.8) is 0 Å². The van der Waals surface area contributed by atoms with Gasteiger partial charge >= 0.3 is 0 Å². The summed E-state index contributed by atoms with van der Waals surface area (Å²) in [6.45, 7) is 6.25. The molecule has 0 radical (unpaired) electrons. The van der Waals surface area contributed by atoms with Gasteiger partial charge in [0.05, 0.1) is 5.69 Å². The van der Waals surface area contributed by atoms with E-state index in [0.29, 0.717) is 22.4 Å². The summed E-state index contributed by atoms with van der Waals surface area (Å²) in [5.74, 6) is -0.278. The Kier molecular flexibility index (Phi) is 6.42. The first-order chi connectivity index (χ1) is 13.4. The van der Waals surface area contributed by atoms with E-state index in [0.717, 1.165) is 16.8 Å². The Morgan fingerprint density at radius 3 is 2.64 bits per heavy atom. The van der Waals surface area contributed by atoms with Gasteiger partial charge in [-0.3, -0.25) is 14.5 Å². The van der Waals surface area contributed by atoms with Gasteiger partial charge in [-0.15, -0.1) is 0 Å². The van der Waals surface area contributed by atoms with Crippen molar-refractivity contribution in [2.45, 2.75) is 32.4 Å². The highest BCUT2D eigenvalue weighted by molar-refractivity contribution is 8.15. The molecule has 0 saturated carbocycles. The maximum absolute atomic E-state index is 12.7. The number of carbonyl (C=O) groups is 2. The number of aryl methyl sites for hydroxylation is 2. The fraction of sp³-hybridized carbons (Fsp3) is 0.286. The fourth-order valence-corrected chi connectivity index (χ4v) is 4.26. The number of para-hydroxylation sites is 1. The Bertz CT molecular complexity index is 945. The summed E-state index contributed by atoms with van der Waals surface area (Å²) in [5.41, 5.74) is 3.40.